The Labute approximate surface area is 259 Å². The van der Waals surface area contributed by atoms with Crippen LogP contribution in [0.2, 0.25) is 0 Å². The van der Waals surface area contributed by atoms with Gasteiger partial charge in [-0.2, -0.15) is 0 Å². The van der Waals surface area contributed by atoms with E-state index in [-0.39, 0.29) is 38.7 Å². The third-order valence-electron chi connectivity index (χ3n) is 5.81. The molecule has 0 radical (unpaired) electrons. The Hall–Kier alpha value is -4.54. The van der Waals surface area contributed by atoms with Crippen molar-refractivity contribution in [1.82, 2.24) is 31.5 Å². The zero-order chi connectivity index (χ0) is 34.2. The smallest absolute Gasteiger partial charge is 0.407 e. The van der Waals surface area contributed by atoms with Crippen LogP contribution in [0.4, 0.5) is 10.5 Å². The highest BCUT2D eigenvalue weighted by Crippen LogP contribution is 2.34. The Morgan fingerprint density at radius 3 is 2.00 bits per heavy atom. The van der Waals surface area contributed by atoms with E-state index in [9.17, 15) is 38.1 Å². The van der Waals surface area contributed by atoms with Crippen molar-refractivity contribution in [3.8, 4) is 0 Å². The first kappa shape index (κ1) is 38.5. The summed E-state index contributed by atoms with van der Waals surface area (Å²) >= 11 is 0. The first-order valence-corrected chi connectivity index (χ1v) is 15.5. The highest BCUT2D eigenvalue weighted by atomic mass is 31.2. The SMILES string of the molecule is CNC(=O)CC(=O)NC(C)C(=O)NC(C)C(=O)Nc1ccc(COC(=O)NCCN(CCNC(C)=O)C(=O)CP(=O)(O)O)cc1. The summed E-state index contributed by atoms with van der Waals surface area (Å²) < 4.78 is 16.3. The zero-order valence-corrected chi connectivity index (χ0v) is 26.3. The van der Waals surface area contributed by atoms with Crippen molar-refractivity contribution in [1.29, 1.82) is 0 Å². The van der Waals surface area contributed by atoms with Crippen LogP contribution in [0.5, 0.6) is 0 Å². The number of anilines is 1. The molecule has 7 amide bonds. The van der Waals surface area contributed by atoms with Gasteiger partial charge in [-0.3, -0.25) is 33.3 Å². The van der Waals surface area contributed by atoms with Gasteiger partial charge in [0.15, 0.2) is 0 Å². The molecule has 0 bridgehead atoms. The number of hydrogen-bond donors (Lipinski definition) is 8. The molecule has 18 nitrogen and oxygen atoms in total. The topological polar surface area (TPSA) is 262 Å². The van der Waals surface area contributed by atoms with E-state index in [1.165, 1.54) is 27.8 Å². The van der Waals surface area contributed by atoms with Gasteiger partial charge in [-0.25, -0.2) is 4.79 Å². The lowest BCUT2D eigenvalue weighted by Crippen LogP contribution is -2.50. The van der Waals surface area contributed by atoms with Crippen LogP contribution in [0.25, 0.3) is 0 Å². The molecular weight excluding hydrogens is 617 g/mol. The van der Waals surface area contributed by atoms with Crippen molar-refractivity contribution >= 4 is 54.8 Å². The Balaban J connectivity index is 2.51. The molecule has 0 aromatic heterocycles. The number of benzene rings is 1. The first-order valence-electron chi connectivity index (χ1n) is 13.7. The van der Waals surface area contributed by atoms with Gasteiger partial charge in [-0.05, 0) is 31.5 Å². The van der Waals surface area contributed by atoms with E-state index in [0.29, 0.717) is 11.3 Å². The summed E-state index contributed by atoms with van der Waals surface area (Å²) in [6, 6.07) is 4.31. The maximum Gasteiger partial charge on any atom is 0.407 e. The maximum absolute atomic E-state index is 12.5. The van der Waals surface area contributed by atoms with Gasteiger partial charge in [-0.1, -0.05) is 12.1 Å². The van der Waals surface area contributed by atoms with Crippen LogP contribution in [0.15, 0.2) is 24.3 Å². The standard InChI is InChI=1S/C26H40N7O11P/c1-16(30-22(36)13-21(35)27-4)24(38)31-17(2)25(39)32-20-7-5-19(6-8-20)14-44-26(40)29-10-12-33(11-9-28-18(3)34)23(37)15-45(41,42)43/h5-8,16-17H,9-15H2,1-4H3,(H,27,35)(H,28,34)(H,29,40)(H,30,36)(H,31,38)(H,32,39)(H2,41,42,43). The van der Waals surface area contributed by atoms with Gasteiger partial charge in [0.05, 0.1) is 0 Å². The molecule has 0 aliphatic carbocycles. The summed E-state index contributed by atoms with van der Waals surface area (Å²) in [7, 11) is -3.24. The molecule has 0 aliphatic heterocycles. The van der Waals surface area contributed by atoms with Crippen LogP contribution in [0.1, 0.15) is 32.8 Å². The number of nitrogens with one attached hydrogen (secondary N) is 6. The lowest BCUT2D eigenvalue weighted by atomic mass is 10.2. The highest BCUT2D eigenvalue weighted by molar-refractivity contribution is 7.52. The van der Waals surface area contributed by atoms with Gasteiger partial charge in [0, 0.05) is 45.8 Å². The molecule has 0 heterocycles. The average Bonchev–Trinajstić information content (AvgIpc) is 2.94. The van der Waals surface area contributed by atoms with Gasteiger partial charge in [0.2, 0.25) is 35.4 Å². The molecule has 45 heavy (non-hydrogen) atoms. The molecule has 2 unspecified atom stereocenters. The fraction of sp³-hybridized carbons (Fsp3) is 0.500. The summed E-state index contributed by atoms with van der Waals surface area (Å²) in [5.74, 6) is -3.51. The maximum atomic E-state index is 12.5. The summed E-state index contributed by atoms with van der Waals surface area (Å²) in [6.07, 6.45) is -2.27. The molecule has 8 N–H and O–H groups in total. The van der Waals surface area contributed by atoms with Gasteiger partial charge in [0.1, 0.15) is 31.3 Å². The summed E-state index contributed by atoms with van der Waals surface area (Å²) in [6.45, 7) is 3.84. The molecule has 19 heteroatoms. The Morgan fingerprint density at radius 1 is 0.867 bits per heavy atom. The van der Waals surface area contributed by atoms with Crippen molar-refractivity contribution in [2.24, 2.45) is 0 Å². The normalized spacial score (nSPS) is 12.0. The third kappa shape index (κ3) is 16.8. The van der Waals surface area contributed by atoms with Gasteiger partial charge in [-0.15, -0.1) is 0 Å². The fourth-order valence-corrected chi connectivity index (χ4v) is 3.98. The number of rotatable bonds is 17. The van der Waals surface area contributed by atoms with E-state index in [0.717, 1.165) is 4.90 Å². The monoisotopic (exact) mass is 657 g/mol. The minimum atomic E-state index is -4.61. The molecular formula is C26H40N7O11P. The summed E-state index contributed by atoms with van der Waals surface area (Å²) in [4.78, 5) is 102. The van der Waals surface area contributed by atoms with Crippen LogP contribution >= 0.6 is 7.60 Å². The second kappa shape index (κ2) is 19.0. The number of ether oxygens (including phenoxy) is 1. The Morgan fingerprint density at radius 2 is 1.44 bits per heavy atom. The molecule has 1 rings (SSSR count). The highest BCUT2D eigenvalue weighted by Gasteiger charge is 2.24. The van der Waals surface area contributed by atoms with E-state index < -0.39 is 67.9 Å². The summed E-state index contributed by atoms with van der Waals surface area (Å²) in [5.41, 5.74) is 0.958. The Kier molecular flexibility index (Phi) is 16.2. The van der Waals surface area contributed by atoms with E-state index in [4.69, 9.17) is 14.5 Å². The second-order valence-corrected chi connectivity index (χ2v) is 11.4. The minimum Gasteiger partial charge on any atom is -0.445 e. The first-order chi connectivity index (χ1) is 21.0. The fourth-order valence-electron chi connectivity index (χ4n) is 3.43. The second-order valence-electron chi connectivity index (χ2n) is 9.75. The van der Waals surface area contributed by atoms with Crippen LogP contribution in [0.3, 0.4) is 0 Å². The van der Waals surface area contributed by atoms with Crippen LogP contribution < -0.4 is 31.9 Å². The third-order valence-corrected chi connectivity index (χ3v) is 6.50. The van der Waals surface area contributed by atoms with Crippen molar-refractivity contribution in [3.05, 3.63) is 29.8 Å². The molecule has 0 saturated carbocycles. The number of carbonyl (C=O) groups excluding carboxylic acids is 7. The molecule has 0 fully saturated rings. The molecule has 1 aromatic rings. The molecule has 250 valence electrons. The predicted octanol–water partition coefficient (Wildman–Crippen LogP) is -1.86. The number of carbonyl (C=O) groups is 7. The minimum absolute atomic E-state index is 0.0269. The van der Waals surface area contributed by atoms with Crippen molar-refractivity contribution in [2.45, 2.75) is 45.9 Å². The lowest BCUT2D eigenvalue weighted by molar-refractivity contribution is -0.133. The van der Waals surface area contributed by atoms with Crippen molar-refractivity contribution < 1.29 is 52.7 Å². The van der Waals surface area contributed by atoms with Crippen LogP contribution in [-0.2, 0) is 44.7 Å². The van der Waals surface area contributed by atoms with Gasteiger partial charge in [0.25, 0.3) is 0 Å². The molecule has 0 aliphatic rings. The van der Waals surface area contributed by atoms with Crippen LogP contribution in [0, 0.1) is 0 Å². The summed E-state index contributed by atoms with van der Waals surface area (Å²) in [5, 5.41) is 14.6. The molecule has 0 spiro atoms. The quantitative estimate of drug-likeness (QED) is 0.0680. The van der Waals surface area contributed by atoms with E-state index in [1.54, 1.807) is 24.3 Å². The molecule has 0 saturated heterocycles. The Bertz CT molecular complexity index is 1270. The molecule has 1 aromatic carbocycles. The van der Waals surface area contributed by atoms with Crippen molar-refractivity contribution in [2.75, 3.05) is 44.7 Å². The zero-order valence-electron chi connectivity index (χ0n) is 25.4. The number of hydrogen-bond acceptors (Lipinski definition) is 9. The number of alkyl carbamates (subject to hydrolysis) is 1. The van der Waals surface area contributed by atoms with E-state index >= 15 is 0 Å². The lowest BCUT2D eigenvalue weighted by Gasteiger charge is -2.23. The average molecular weight is 658 g/mol. The van der Waals surface area contributed by atoms with E-state index in [2.05, 4.69) is 31.9 Å². The predicted molar refractivity (Wildman–Crippen MR) is 159 cm³/mol. The van der Waals surface area contributed by atoms with E-state index in [1.807, 2.05) is 0 Å². The van der Waals surface area contributed by atoms with Gasteiger partial charge < -0.3 is 51.3 Å². The van der Waals surface area contributed by atoms with Crippen LogP contribution in [-0.4, -0.2) is 108 Å². The number of nitrogens with zero attached hydrogens (tertiary/aromatic N) is 1. The number of amides is 7. The largest absolute Gasteiger partial charge is 0.445 e. The van der Waals surface area contributed by atoms with Gasteiger partial charge >= 0.3 is 13.7 Å². The van der Waals surface area contributed by atoms with Crippen molar-refractivity contribution in [3.63, 3.8) is 0 Å². The molecule has 2 atom stereocenters.